The Bertz CT molecular complexity index is 360. The summed E-state index contributed by atoms with van der Waals surface area (Å²) in [7, 11) is 0. The van der Waals surface area contributed by atoms with Crippen LogP contribution in [0.4, 0.5) is 18.0 Å². The lowest BCUT2D eigenvalue weighted by Crippen LogP contribution is -2.56. The molecule has 0 aromatic carbocycles. The summed E-state index contributed by atoms with van der Waals surface area (Å²) in [6.07, 6.45) is -2.98. The molecule has 5 nitrogen and oxygen atoms in total. The van der Waals surface area contributed by atoms with Crippen molar-refractivity contribution in [3.05, 3.63) is 0 Å². The maximum atomic E-state index is 12.1. The van der Waals surface area contributed by atoms with E-state index in [0.29, 0.717) is 12.8 Å². The number of alkyl halides is 3. The van der Waals surface area contributed by atoms with Gasteiger partial charge in [-0.15, -0.1) is 0 Å². The average Bonchev–Trinajstić information content (AvgIpc) is 2.70. The molecule has 1 fully saturated rings. The lowest BCUT2D eigenvalue weighted by atomic mass is 9.91. The molecule has 1 heterocycles. The molecule has 0 aromatic heterocycles. The van der Waals surface area contributed by atoms with Gasteiger partial charge in [0.2, 0.25) is 0 Å². The van der Waals surface area contributed by atoms with E-state index < -0.39 is 30.3 Å². The summed E-state index contributed by atoms with van der Waals surface area (Å²) in [5, 5.41) is 11.0. The molecule has 0 aromatic rings. The van der Waals surface area contributed by atoms with Gasteiger partial charge in [0, 0.05) is 6.54 Å². The van der Waals surface area contributed by atoms with E-state index in [4.69, 9.17) is 0 Å². The number of aliphatic carboxylic acids is 1. The molecule has 1 aliphatic heterocycles. The zero-order chi connectivity index (χ0) is 14.7. The first-order valence-electron chi connectivity index (χ1n) is 6.08. The van der Waals surface area contributed by atoms with Gasteiger partial charge in [-0.05, 0) is 19.3 Å². The van der Waals surface area contributed by atoms with Crippen molar-refractivity contribution in [2.24, 2.45) is 0 Å². The van der Waals surface area contributed by atoms with Crippen LogP contribution in [0.15, 0.2) is 0 Å². The summed E-state index contributed by atoms with van der Waals surface area (Å²) in [6.45, 7) is 0.481. The van der Waals surface area contributed by atoms with Gasteiger partial charge < -0.3 is 15.3 Å². The summed E-state index contributed by atoms with van der Waals surface area (Å²) in [4.78, 5) is 24.1. The number of rotatable bonds is 4. The van der Waals surface area contributed by atoms with Gasteiger partial charge in [-0.3, -0.25) is 0 Å². The van der Waals surface area contributed by atoms with E-state index in [2.05, 4.69) is 0 Å². The fourth-order valence-corrected chi connectivity index (χ4v) is 2.45. The van der Waals surface area contributed by atoms with E-state index >= 15 is 0 Å². The number of carboxylic acids is 1. The number of nitrogens with one attached hydrogen (secondary N) is 1. The highest BCUT2D eigenvalue weighted by Crippen LogP contribution is 2.34. The highest BCUT2D eigenvalue weighted by molar-refractivity contribution is 5.87. The molecule has 0 spiro atoms. The first kappa shape index (κ1) is 15.6. The minimum Gasteiger partial charge on any atom is -0.479 e. The summed E-state index contributed by atoms with van der Waals surface area (Å²) >= 11 is 0. The molecule has 2 N–H and O–H groups in total. The molecule has 19 heavy (non-hydrogen) atoms. The lowest BCUT2D eigenvalue weighted by molar-refractivity contribution is -0.148. The molecule has 0 saturated carbocycles. The molecule has 1 atom stereocenters. The Labute approximate surface area is 108 Å². The maximum Gasteiger partial charge on any atom is 0.405 e. The van der Waals surface area contributed by atoms with Gasteiger partial charge in [0.05, 0.1) is 0 Å². The van der Waals surface area contributed by atoms with E-state index in [1.807, 2.05) is 0 Å². The van der Waals surface area contributed by atoms with E-state index in [1.54, 1.807) is 12.2 Å². The van der Waals surface area contributed by atoms with Crippen LogP contribution in [0.2, 0.25) is 0 Å². The Kier molecular flexibility index (Phi) is 4.65. The number of amides is 2. The van der Waals surface area contributed by atoms with E-state index in [9.17, 15) is 27.9 Å². The maximum absolute atomic E-state index is 12.1. The van der Waals surface area contributed by atoms with Gasteiger partial charge in [-0.1, -0.05) is 13.3 Å². The predicted octanol–water partition coefficient (Wildman–Crippen LogP) is 1.98. The normalized spacial score (nSPS) is 23.5. The number of carbonyl (C=O) groups is 2. The smallest absolute Gasteiger partial charge is 0.405 e. The van der Waals surface area contributed by atoms with Crippen LogP contribution in [0.3, 0.4) is 0 Å². The topological polar surface area (TPSA) is 69.6 Å². The third-order valence-corrected chi connectivity index (χ3v) is 3.24. The number of halogens is 3. The van der Waals surface area contributed by atoms with Gasteiger partial charge >= 0.3 is 18.2 Å². The molecule has 1 aliphatic rings. The van der Waals surface area contributed by atoms with E-state index in [0.717, 1.165) is 4.90 Å². The van der Waals surface area contributed by atoms with Gasteiger partial charge in [0.25, 0.3) is 0 Å². The van der Waals surface area contributed by atoms with Gasteiger partial charge in [-0.2, -0.15) is 13.2 Å². The summed E-state index contributed by atoms with van der Waals surface area (Å²) < 4.78 is 36.2. The molecule has 2 amide bonds. The largest absolute Gasteiger partial charge is 0.479 e. The van der Waals surface area contributed by atoms with E-state index in [1.165, 1.54) is 0 Å². The third kappa shape index (κ3) is 3.51. The second-order valence-electron chi connectivity index (χ2n) is 4.62. The van der Waals surface area contributed by atoms with Gasteiger partial charge in [0.15, 0.2) is 0 Å². The van der Waals surface area contributed by atoms with Gasteiger partial charge in [-0.25, -0.2) is 9.59 Å². The van der Waals surface area contributed by atoms with Crippen LogP contribution < -0.4 is 5.32 Å². The van der Waals surface area contributed by atoms with Crippen LogP contribution in [0.5, 0.6) is 0 Å². The minimum absolute atomic E-state index is 0.163. The second-order valence-corrected chi connectivity index (χ2v) is 4.62. The highest BCUT2D eigenvalue weighted by Gasteiger charge is 2.49. The van der Waals surface area contributed by atoms with Crippen molar-refractivity contribution < 1.29 is 27.9 Å². The third-order valence-electron chi connectivity index (χ3n) is 3.24. The first-order valence-corrected chi connectivity index (χ1v) is 6.08. The predicted molar refractivity (Wildman–Crippen MR) is 60.7 cm³/mol. The quantitative estimate of drug-likeness (QED) is 0.828. The van der Waals surface area contributed by atoms with Gasteiger partial charge in [0.1, 0.15) is 12.1 Å². The van der Waals surface area contributed by atoms with E-state index in [-0.39, 0.29) is 19.4 Å². The Morgan fingerprint density at radius 2 is 2.05 bits per heavy atom. The zero-order valence-electron chi connectivity index (χ0n) is 10.6. The molecular formula is C11H17F3N2O3. The van der Waals surface area contributed by atoms with Crippen LogP contribution in [0.1, 0.15) is 32.6 Å². The molecule has 0 aliphatic carbocycles. The first-order chi connectivity index (χ1) is 8.73. The fourth-order valence-electron chi connectivity index (χ4n) is 2.45. The van der Waals surface area contributed by atoms with Crippen LogP contribution in [0.25, 0.3) is 0 Å². The van der Waals surface area contributed by atoms with Crippen molar-refractivity contribution in [2.45, 2.75) is 44.3 Å². The van der Waals surface area contributed by atoms with Crippen molar-refractivity contribution in [3.8, 4) is 0 Å². The fraction of sp³-hybridized carbons (Fsp3) is 0.818. The van der Waals surface area contributed by atoms with Crippen molar-refractivity contribution in [1.82, 2.24) is 10.2 Å². The van der Waals surface area contributed by atoms with Crippen molar-refractivity contribution in [1.29, 1.82) is 0 Å². The zero-order valence-corrected chi connectivity index (χ0v) is 10.6. The second kappa shape index (κ2) is 5.66. The highest BCUT2D eigenvalue weighted by atomic mass is 19.4. The molecule has 0 bridgehead atoms. The SMILES string of the molecule is CCCC1(C(=O)O)CCCN1C(=O)NCC(F)(F)F. The van der Waals surface area contributed by atoms with Crippen LogP contribution in [-0.4, -0.2) is 46.8 Å². The molecule has 1 unspecified atom stereocenters. The number of likely N-dealkylation sites (tertiary alicyclic amines) is 1. The summed E-state index contributed by atoms with van der Waals surface area (Å²) in [5.74, 6) is -1.16. The van der Waals surface area contributed by atoms with Crippen molar-refractivity contribution in [3.63, 3.8) is 0 Å². The summed E-state index contributed by atoms with van der Waals surface area (Å²) in [5.41, 5.74) is -1.37. The van der Waals surface area contributed by atoms with Crippen LogP contribution in [-0.2, 0) is 4.79 Å². The average molecular weight is 282 g/mol. The molecule has 0 radical (unpaired) electrons. The number of hydrogen-bond acceptors (Lipinski definition) is 2. The lowest BCUT2D eigenvalue weighted by Gasteiger charge is -2.34. The standard InChI is InChI=1S/C11H17F3N2O3/c1-2-4-10(8(17)18)5-3-6-16(10)9(19)15-7-11(12,13)14/h2-7H2,1H3,(H,15,19)(H,17,18). The molecule has 110 valence electrons. The molecule has 8 heteroatoms. The number of nitrogens with zero attached hydrogens (tertiary/aromatic N) is 1. The molecular weight excluding hydrogens is 265 g/mol. The van der Waals surface area contributed by atoms with Crippen LogP contribution >= 0.6 is 0 Å². The van der Waals surface area contributed by atoms with Crippen molar-refractivity contribution >= 4 is 12.0 Å². The molecule has 1 rings (SSSR count). The minimum atomic E-state index is -4.51. The Hall–Kier alpha value is -1.47. The monoisotopic (exact) mass is 282 g/mol. The Balaban J connectivity index is 2.79. The summed E-state index contributed by atoms with van der Waals surface area (Å²) in [6, 6.07) is -0.967. The number of carboxylic acid groups (broad SMARTS) is 1. The Morgan fingerprint density at radius 1 is 1.42 bits per heavy atom. The number of urea groups is 1. The van der Waals surface area contributed by atoms with Crippen LogP contribution in [0, 0.1) is 0 Å². The Morgan fingerprint density at radius 3 is 2.53 bits per heavy atom. The number of carbonyl (C=O) groups excluding carboxylic acids is 1. The molecule has 1 saturated heterocycles. The number of hydrogen-bond donors (Lipinski definition) is 2. The van der Waals surface area contributed by atoms with Crippen molar-refractivity contribution in [2.75, 3.05) is 13.1 Å².